The number of carbonyl (C=O) groups is 1. The summed E-state index contributed by atoms with van der Waals surface area (Å²) in [4.78, 5) is 20.7. The van der Waals surface area contributed by atoms with Crippen LogP contribution in [0.25, 0.3) is 0 Å². The predicted molar refractivity (Wildman–Crippen MR) is 139 cm³/mol. The maximum Gasteiger partial charge on any atom is 0.227 e. The van der Waals surface area contributed by atoms with Crippen molar-refractivity contribution in [2.24, 2.45) is 4.99 Å². The number of guanidine groups is 1. The molecule has 32 heavy (non-hydrogen) atoms. The van der Waals surface area contributed by atoms with Crippen LogP contribution in [-0.2, 0) is 11.3 Å². The fourth-order valence-electron chi connectivity index (χ4n) is 4.44. The molecule has 2 aliphatic heterocycles. The molecule has 1 aromatic heterocycles. The highest BCUT2D eigenvalue weighted by Crippen LogP contribution is 2.24. The maximum atomic E-state index is 11.9. The van der Waals surface area contributed by atoms with Crippen LogP contribution in [0.15, 0.2) is 52.1 Å². The summed E-state index contributed by atoms with van der Waals surface area (Å²) in [7, 11) is 1.79. The number of benzene rings is 1. The zero-order valence-electron chi connectivity index (χ0n) is 18.8. The van der Waals surface area contributed by atoms with Crippen molar-refractivity contribution in [2.75, 3.05) is 38.1 Å². The number of halogens is 1. The largest absolute Gasteiger partial charge is 0.468 e. The van der Waals surface area contributed by atoms with Crippen molar-refractivity contribution in [1.82, 2.24) is 15.5 Å². The molecular weight excluding hydrogens is 517 g/mol. The van der Waals surface area contributed by atoms with E-state index in [-0.39, 0.29) is 35.9 Å². The first-order chi connectivity index (χ1) is 15.2. The average Bonchev–Trinajstić information content (AvgIpc) is 3.49. The second-order valence-corrected chi connectivity index (χ2v) is 8.25. The van der Waals surface area contributed by atoms with E-state index in [0.717, 1.165) is 55.6 Å². The first kappa shape index (κ1) is 24.6. The second kappa shape index (κ2) is 12.2. The van der Waals surface area contributed by atoms with E-state index in [1.807, 2.05) is 23.1 Å². The molecule has 0 spiro atoms. The summed E-state index contributed by atoms with van der Waals surface area (Å²) in [5.41, 5.74) is 2.13. The van der Waals surface area contributed by atoms with Gasteiger partial charge in [0.05, 0.1) is 12.3 Å². The van der Waals surface area contributed by atoms with E-state index < -0.39 is 0 Å². The molecule has 174 valence electrons. The highest BCUT2D eigenvalue weighted by Gasteiger charge is 2.25. The molecule has 4 rings (SSSR count). The Bertz CT molecular complexity index is 863. The number of nitrogens with zero attached hydrogens (tertiary/aromatic N) is 3. The van der Waals surface area contributed by atoms with Gasteiger partial charge in [0.25, 0.3) is 0 Å². The lowest BCUT2D eigenvalue weighted by molar-refractivity contribution is -0.117. The van der Waals surface area contributed by atoms with Crippen molar-refractivity contribution in [3.63, 3.8) is 0 Å². The smallest absolute Gasteiger partial charge is 0.227 e. The Balaban J connectivity index is 0.00000289. The van der Waals surface area contributed by atoms with Crippen molar-refractivity contribution in [2.45, 2.75) is 44.7 Å². The quantitative estimate of drug-likeness (QED) is 0.310. The van der Waals surface area contributed by atoms with Crippen LogP contribution in [0.5, 0.6) is 0 Å². The summed E-state index contributed by atoms with van der Waals surface area (Å²) in [5, 5.41) is 6.87. The van der Waals surface area contributed by atoms with Gasteiger partial charge in [0.1, 0.15) is 5.76 Å². The lowest BCUT2D eigenvalue weighted by atomic mass is 10.1. The van der Waals surface area contributed by atoms with Crippen LogP contribution in [0.4, 0.5) is 5.69 Å². The third kappa shape index (κ3) is 6.25. The molecular formula is C24H34IN5O2. The second-order valence-electron chi connectivity index (χ2n) is 8.25. The maximum absolute atomic E-state index is 11.9. The summed E-state index contributed by atoms with van der Waals surface area (Å²) in [6.07, 6.45) is 7.14. The van der Waals surface area contributed by atoms with E-state index in [9.17, 15) is 4.79 Å². The summed E-state index contributed by atoms with van der Waals surface area (Å²) in [5.74, 6) is 1.99. The van der Waals surface area contributed by atoms with Gasteiger partial charge >= 0.3 is 0 Å². The van der Waals surface area contributed by atoms with E-state index in [2.05, 4.69) is 38.7 Å². The zero-order chi connectivity index (χ0) is 21.5. The standard InChI is InChI=1S/C24H33N5O2.HI/c1-25-24(26-17-19-9-11-20(12-10-19)29-15-5-8-23(29)30)27-18-21(22-7-6-16-31-22)28-13-3-2-4-14-28;/h6-7,9-12,16,21H,2-5,8,13-15,17-18H2,1H3,(H2,25,26,27);1H. The van der Waals surface area contributed by atoms with E-state index in [1.54, 1.807) is 13.3 Å². The van der Waals surface area contributed by atoms with Gasteiger partial charge in [-0.3, -0.25) is 14.7 Å². The molecule has 2 aliphatic rings. The van der Waals surface area contributed by atoms with Crippen molar-refractivity contribution in [3.05, 3.63) is 54.0 Å². The van der Waals surface area contributed by atoms with Crippen molar-refractivity contribution in [3.8, 4) is 0 Å². The van der Waals surface area contributed by atoms with Gasteiger partial charge in [-0.1, -0.05) is 18.6 Å². The minimum atomic E-state index is 0. The van der Waals surface area contributed by atoms with Crippen LogP contribution < -0.4 is 15.5 Å². The molecule has 3 heterocycles. The fourth-order valence-corrected chi connectivity index (χ4v) is 4.44. The number of aliphatic imine (C=N–C) groups is 1. The number of hydrogen-bond donors (Lipinski definition) is 2. The number of anilines is 1. The number of amides is 1. The van der Waals surface area contributed by atoms with Gasteiger partial charge in [-0.05, 0) is 62.2 Å². The Hall–Kier alpha value is -2.07. The highest BCUT2D eigenvalue weighted by atomic mass is 127. The van der Waals surface area contributed by atoms with Gasteiger partial charge in [-0.15, -0.1) is 24.0 Å². The van der Waals surface area contributed by atoms with Crippen LogP contribution >= 0.6 is 24.0 Å². The third-order valence-corrected chi connectivity index (χ3v) is 6.17. The summed E-state index contributed by atoms with van der Waals surface area (Å²) < 4.78 is 5.74. The molecule has 0 aliphatic carbocycles. The minimum absolute atomic E-state index is 0. The first-order valence-corrected chi connectivity index (χ1v) is 11.4. The number of rotatable bonds is 7. The number of furan rings is 1. The van der Waals surface area contributed by atoms with Gasteiger partial charge in [-0.25, -0.2) is 0 Å². The van der Waals surface area contributed by atoms with Crippen LogP contribution in [-0.4, -0.2) is 50.0 Å². The van der Waals surface area contributed by atoms with Gasteiger partial charge in [0.2, 0.25) is 5.91 Å². The molecule has 1 atom stereocenters. The SMILES string of the molecule is CN=C(NCc1ccc(N2CCCC2=O)cc1)NCC(c1ccco1)N1CCCCC1.I. The Kier molecular flexibility index (Phi) is 9.40. The van der Waals surface area contributed by atoms with Gasteiger partial charge < -0.3 is 20.0 Å². The Morgan fingerprint density at radius 1 is 1.06 bits per heavy atom. The third-order valence-electron chi connectivity index (χ3n) is 6.17. The van der Waals surface area contributed by atoms with Gasteiger partial charge in [0, 0.05) is 38.8 Å². The number of carbonyl (C=O) groups excluding carboxylic acids is 1. The molecule has 1 unspecified atom stereocenters. The van der Waals surface area contributed by atoms with E-state index >= 15 is 0 Å². The minimum Gasteiger partial charge on any atom is -0.468 e. The summed E-state index contributed by atoms with van der Waals surface area (Å²) in [6.45, 7) is 4.43. The monoisotopic (exact) mass is 551 g/mol. The molecule has 1 amide bonds. The van der Waals surface area contributed by atoms with Crippen LogP contribution in [0, 0.1) is 0 Å². The number of hydrogen-bond acceptors (Lipinski definition) is 4. The fraction of sp³-hybridized carbons (Fsp3) is 0.500. The Morgan fingerprint density at radius 2 is 1.84 bits per heavy atom. The Morgan fingerprint density at radius 3 is 2.47 bits per heavy atom. The topological polar surface area (TPSA) is 73.1 Å². The molecule has 2 fully saturated rings. The molecule has 1 aromatic carbocycles. The number of nitrogens with one attached hydrogen (secondary N) is 2. The van der Waals surface area contributed by atoms with Crippen molar-refractivity contribution < 1.29 is 9.21 Å². The molecule has 7 nitrogen and oxygen atoms in total. The van der Waals surface area contributed by atoms with Crippen LogP contribution in [0.2, 0.25) is 0 Å². The number of likely N-dealkylation sites (tertiary alicyclic amines) is 1. The normalized spacial score (nSPS) is 18.3. The van der Waals surface area contributed by atoms with Crippen molar-refractivity contribution in [1.29, 1.82) is 0 Å². The van der Waals surface area contributed by atoms with Gasteiger partial charge in [0.15, 0.2) is 5.96 Å². The summed E-state index contributed by atoms with van der Waals surface area (Å²) >= 11 is 0. The highest BCUT2D eigenvalue weighted by molar-refractivity contribution is 14.0. The molecule has 0 bridgehead atoms. The van der Waals surface area contributed by atoms with Gasteiger partial charge in [-0.2, -0.15) is 0 Å². The van der Waals surface area contributed by atoms with Crippen molar-refractivity contribution >= 4 is 41.5 Å². The van der Waals surface area contributed by atoms with E-state index in [4.69, 9.17) is 4.42 Å². The lowest BCUT2D eigenvalue weighted by Crippen LogP contribution is -2.44. The van der Waals surface area contributed by atoms with E-state index in [0.29, 0.717) is 13.0 Å². The zero-order valence-corrected chi connectivity index (χ0v) is 21.1. The first-order valence-electron chi connectivity index (χ1n) is 11.4. The molecule has 8 heteroatoms. The van der Waals surface area contributed by atoms with Crippen LogP contribution in [0.1, 0.15) is 49.5 Å². The molecule has 2 aromatic rings. The Labute approximate surface area is 207 Å². The molecule has 0 radical (unpaired) electrons. The predicted octanol–water partition coefficient (Wildman–Crippen LogP) is 3.92. The lowest BCUT2D eigenvalue weighted by Gasteiger charge is -2.33. The average molecular weight is 551 g/mol. The number of piperidine rings is 1. The summed E-state index contributed by atoms with van der Waals surface area (Å²) in [6, 6.07) is 12.4. The van der Waals surface area contributed by atoms with E-state index in [1.165, 1.54) is 19.3 Å². The molecule has 0 saturated carbocycles. The molecule has 2 N–H and O–H groups in total. The van der Waals surface area contributed by atoms with Crippen LogP contribution in [0.3, 0.4) is 0 Å². The molecule has 2 saturated heterocycles.